The first kappa shape index (κ1) is 13.0. The summed E-state index contributed by atoms with van der Waals surface area (Å²) in [5.74, 6) is 1.16. The molecule has 0 saturated heterocycles. The number of nitrogens with zero attached hydrogens (tertiary/aromatic N) is 1. The van der Waals surface area contributed by atoms with Crippen LogP contribution in [0.2, 0.25) is 0 Å². The molecule has 0 atom stereocenters. The molecule has 0 aliphatic heterocycles. The van der Waals surface area contributed by atoms with Crippen LogP contribution in [0.25, 0.3) is 0 Å². The average Bonchev–Trinajstić information content (AvgIpc) is 2.53. The number of nitrogens with one attached hydrogen (secondary N) is 1. The first-order chi connectivity index (χ1) is 8.45. The Kier molecular flexibility index (Phi) is 3.38. The molecule has 98 valence electrons. The Morgan fingerprint density at radius 2 is 2.22 bits per heavy atom. The standard InChI is InChI=1S/C12H17N3O2S/c1-7-8(2)17-9(15-7)6-14-11(16)12(10(13)18)4-3-5-12/h3-6H2,1-2H3,(H2,13,18)(H,14,16). The van der Waals surface area contributed by atoms with Gasteiger partial charge in [-0.1, -0.05) is 18.6 Å². The molecule has 1 aliphatic carbocycles. The predicted octanol–water partition coefficient (Wildman–Crippen LogP) is 1.36. The molecule has 1 fully saturated rings. The number of rotatable bonds is 4. The number of oxazole rings is 1. The van der Waals surface area contributed by atoms with Crippen molar-refractivity contribution in [1.29, 1.82) is 0 Å². The lowest BCUT2D eigenvalue weighted by atomic mass is 9.68. The summed E-state index contributed by atoms with van der Waals surface area (Å²) in [6, 6.07) is 0. The zero-order valence-corrected chi connectivity index (χ0v) is 11.4. The van der Waals surface area contributed by atoms with E-state index in [1.54, 1.807) is 0 Å². The summed E-state index contributed by atoms with van der Waals surface area (Å²) < 4.78 is 5.40. The summed E-state index contributed by atoms with van der Waals surface area (Å²) in [6.45, 7) is 3.99. The number of hydrogen-bond acceptors (Lipinski definition) is 4. The molecule has 1 aromatic heterocycles. The second kappa shape index (κ2) is 4.68. The highest BCUT2D eigenvalue weighted by Crippen LogP contribution is 2.41. The SMILES string of the molecule is Cc1nc(CNC(=O)C2(C(N)=S)CCC2)oc1C. The number of carbonyl (C=O) groups excluding carboxylic acids is 1. The Hall–Kier alpha value is -1.43. The summed E-state index contributed by atoms with van der Waals surface area (Å²) >= 11 is 4.99. The third-order valence-electron chi connectivity index (χ3n) is 3.59. The number of carbonyl (C=O) groups is 1. The maximum absolute atomic E-state index is 12.1. The van der Waals surface area contributed by atoms with Gasteiger partial charge in [-0.15, -0.1) is 0 Å². The van der Waals surface area contributed by atoms with Gasteiger partial charge in [-0.3, -0.25) is 4.79 Å². The van der Waals surface area contributed by atoms with Crippen molar-refractivity contribution in [2.45, 2.75) is 39.7 Å². The van der Waals surface area contributed by atoms with Crippen LogP contribution in [0.1, 0.15) is 36.6 Å². The zero-order valence-electron chi connectivity index (χ0n) is 10.6. The minimum Gasteiger partial charge on any atom is -0.444 e. The van der Waals surface area contributed by atoms with Crippen molar-refractivity contribution in [2.75, 3.05) is 0 Å². The first-order valence-corrected chi connectivity index (χ1v) is 6.37. The molecular weight excluding hydrogens is 250 g/mol. The molecule has 3 N–H and O–H groups in total. The van der Waals surface area contributed by atoms with E-state index in [0.29, 0.717) is 5.89 Å². The Balaban J connectivity index is 1.98. The minimum absolute atomic E-state index is 0.116. The van der Waals surface area contributed by atoms with Gasteiger partial charge < -0.3 is 15.5 Å². The van der Waals surface area contributed by atoms with Crippen LogP contribution in [0.4, 0.5) is 0 Å². The number of nitrogens with two attached hydrogens (primary N) is 1. The van der Waals surface area contributed by atoms with E-state index in [9.17, 15) is 4.79 Å². The maximum atomic E-state index is 12.1. The molecule has 1 aromatic rings. The van der Waals surface area contributed by atoms with Gasteiger partial charge in [0.25, 0.3) is 0 Å². The average molecular weight is 267 g/mol. The van der Waals surface area contributed by atoms with E-state index in [4.69, 9.17) is 22.4 Å². The van der Waals surface area contributed by atoms with E-state index in [1.165, 1.54) is 0 Å². The monoisotopic (exact) mass is 267 g/mol. The number of hydrogen-bond donors (Lipinski definition) is 2. The number of aromatic nitrogens is 1. The molecular formula is C12H17N3O2S. The molecule has 0 unspecified atom stereocenters. The van der Waals surface area contributed by atoms with Crippen molar-refractivity contribution in [3.05, 3.63) is 17.3 Å². The highest BCUT2D eigenvalue weighted by atomic mass is 32.1. The van der Waals surface area contributed by atoms with Crippen molar-refractivity contribution < 1.29 is 9.21 Å². The van der Waals surface area contributed by atoms with E-state index in [-0.39, 0.29) is 17.4 Å². The van der Waals surface area contributed by atoms with Gasteiger partial charge in [0.05, 0.1) is 22.6 Å². The smallest absolute Gasteiger partial charge is 0.233 e. The quantitative estimate of drug-likeness (QED) is 0.805. The Morgan fingerprint density at radius 3 is 2.61 bits per heavy atom. The van der Waals surface area contributed by atoms with Gasteiger partial charge in [-0.25, -0.2) is 4.98 Å². The van der Waals surface area contributed by atoms with E-state index in [1.807, 2.05) is 13.8 Å². The van der Waals surface area contributed by atoms with Gasteiger partial charge in [0.1, 0.15) is 5.76 Å². The molecule has 0 bridgehead atoms. The molecule has 18 heavy (non-hydrogen) atoms. The van der Waals surface area contributed by atoms with Crippen LogP contribution in [0.15, 0.2) is 4.42 Å². The Bertz CT molecular complexity index is 472. The molecule has 1 saturated carbocycles. The lowest BCUT2D eigenvalue weighted by molar-refractivity contribution is -0.131. The normalized spacial score (nSPS) is 17.0. The Labute approximate surface area is 111 Å². The largest absolute Gasteiger partial charge is 0.444 e. The summed E-state index contributed by atoms with van der Waals surface area (Å²) in [7, 11) is 0. The van der Waals surface area contributed by atoms with Gasteiger partial charge in [0.15, 0.2) is 0 Å². The fraction of sp³-hybridized carbons (Fsp3) is 0.583. The summed E-state index contributed by atoms with van der Waals surface area (Å²) in [5.41, 5.74) is 5.86. The third kappa shape index (κ3) is 2.12. The molecule has 2 rings (SSSR count). The van der Waals surface area contributed by atoms with E-state index in [0.717, 1.165) is 30.7 Å². The van der Waals surface area contributed by atoms with Crippen LogP contribution >= 0.6 is 12.2 Å². The summed E-state index contributed by atoms with van der Waals surface area (Å²) in [6.07, 6.45) is 2.46. The molecule has 6 heteroatoms. The molecule has 1 aliphatic rings. The van der Waals surface area contributed by atoms with Gasteiger partial charge >= 0.3 is 0 Å². The lowest BCUT2D eigenvalue weighted by Gasteiger charge is -2.38. The predicted molar refractivity (Wildman–Crippen MR) is 70.9 cm³/mol. The highest BCUT2D eigenvalue weighted by Gasteiger charge is 2.46. The second-order valence-electron chi connectivity index (χ2n) is 4.73. The molecule has 5 nitrogen and oxygen atoms in total. The van der Waals surface area contributed by atoms with Gasteiger partial charge in [-0.05, 0) is 26.7 Å². The molecule has 0 spiro atoms. The van der Waals surface area contributed by atoms with E-state index >= 15 is 0 Å². The third-order valence-corrected chi connectivity index (χ3v) is 3.98. The number of aryl methyl sites for hydroxylation is 2. The summed E-state index contributed by atoms with van der Waals surface area (Å²) in [5, 5.41) is 2.80. The minimum atomic E-state index is -0.647. The fourth-order valence-electron chi connectivity index (χ4n) is 2.06. The molecule has 0 aromatic carbocycles. The van der Waals surface area contributed by atoms with Crippen molar-refractivity contribution in [2.24, 2.45) is 11.1 Å². The van der Waals surface area contributed by atoms with Crippen LogP contribution in [-0.2, 0) is 11.3 Å². The summed E-state index contributed by atoms with van der Waals surface area (Å²) in [4.78, 5) is 16.6. The van der Waals surface area contributed by atoms with Crippen molar-refractivity contribution >= 4 is 23.1 Å². The Morgan fingerprint density at radius 1 is 1.56 bits per heavy atom. The van der Waals surface area contributed by atoms with Gasteiger partial charge in [0, 0.05) is 0 Å². The van der Waals surface area contributed by atoms with Crippen LogP contribution < -0.4 is 11.1 Å². The zero-order chi connectivity index (χ0) is 13.3. The second-order valence-corrected chi connectivity index (χ2v) is 5.17. The molecule has 1 amide bonds. The van der Waals surface area contributed by atoms with Crippen molar-refractivity contribution in [3.8, 4) is 0 Å². The van der Waals surface area contributed by atoms with Crippen LogP contribution in [0, 0.1) is 19.3 Å². The topological polar surface area (TPSA) is 81.2 Å². The van der Waals surface area contributed by atoms with Crippen molar-refractivity contribution in [1.82, 2.24) is 10.3 Å². The van der Waals surface area contributed by atoms with Gasteiger partial charge in [0.2, 0.25) is 11.8 Å². The van der Waals surface area contributed by atoms with E-state index in [2.05, 4.69) is 10.3 Å². The molecule has 1 heterocycles. The number of thiocarbonyl (C=S) groups is 1. The molecule has 0 radical (unpaired) electrons. The van der Waals surface area contributed by atoms with Crippen LogP contribution in [-0.4, -0.2) is 15.9 Å². The van der Waals surface area contributed by atoms with Crippen molar-refractivity contribution in [3.63, 3.8) is 0 Å². The lowest BCUT2D eigenvalue weighted by Crippen LogP contribution is -2.52. The van der Waals surface area contributed by atoms with Crippen LogP contribution in [0.3, 0.4) is 0 Å². The fourth-order valence-corrected chi connectivity index (χ4v) is 2.35. The van der Waals surface area contributed by atoms with Gasteiger partial charge in [-0.2, -0.15) is 0 Å². The maximum Gasteiger partial charge on any atom is 0.233 e. The highest BCUT2D eigenvalue weighted by molar-refractivity contribution is 7.80. The first-order valence-electron chi connectivity index (χ1n) is 5.97. The number of amides is 1. The van der Waals surface area contributed by atoms with Crippen LogP contribution in [0.5, 0.6) is 0 Å². The van der Waals surface area contributed by atoms with E-state index < -0.39 is 5.41 Å².